The molecule has 2 aromatic carbocycles. The van der Waals surface area contributed by atoms with Crippen LogP contribution in [0.1, 0.15) is 12.0 Å². The Morgan fingerprint density at radius 2 is 1.79 bits per heavy atom. The Morgan fingerprint density at radius 1 is 1.14 bits per heavy atom. The van der Waals surface area contributed by atoms with Gasteiger partial charge in [0.05, 0.1) is 37.7 Å². The van der Waals surface area contributed by atoms with E-state index in [2.05, 4.69) is 9.46 Å². The number of carbonyl (C=O) groups is 1. The van der Waals surface area contributed by atoms with Crippen molar-refractivity contribution in [1.82, 2.24) is 4.72 Å². The summed E-state index contributed by atoms with van der Waals surface area (Å²) in [6.07, 6.45) is -0.287. The lowest BCUT2D eigenvalue weighted by Crippen LogP contribution is -2.40. The molecule has 9 nitrogen and oxygen atoms in total. The first-order valence-corrected chi connectivity index (χ1v) is 9.76. The first-order chi connectivity index (χ1) is 13.3. The number of carbonyl (C=O) groups excluding carboxylic acids is 1. The van der Waals surface area contributed by atoms with Crippen LogP contribution in [0.4, 0.5) is 5.69 Å². The third kappa shape index (κ3) is 6.12. The number of ether oxygens (including phenoxy) is 2. The number of hydrogen-bond acceptors (Lipinski definition) is 7. The quantitative estimate of drug-likeness (QED) is 0.362. The molecule has 0 aliphatic rings. The van der Waals surface area contributed by atoms with Crippen LogP contribution in [-0.4, -0.2) is 39.1 Å². The lowest BCUT2D eigenvalue weighted by Gasteiger charge is -2.18. The number of sulfonamides is 1. The smallest absolute Gasteiger partial charge is 0.307 e. The third-order valence-electron chi connectivity index (χ3n) is 3.74. The van der Waals surface area contributed by atoms with Crippen LogP contribution in [0.2, 0.25) is 0 Å². The molecule has 0 saturated heterocycles. The zero-order valence-corrected chi connectivity index (χ0v) is 15.9. The molecule has 0 heterocycles. The normalized spacial score (nSPS) is 12.3. The molecule has 0 radical (unpaired) electrons. The number of para-hydroxylation sites is 1. The summed E-state index contributed by atoms with van der Waals surface area (Å²) in [5.41, 5.74) is 0.317. The van der Waals surface area contributed by atoms with Crippen LogP contribution in [0, 0.1) is 10.1 Å². The first kappa shape index (κ1) is 21.5. The van der Waals surface area contributed by atoms with E-state index in [0.717, 1.165) is 17.7 Å². The monoisotopic (exact) mass is 408 g/mol. The number of benzene rings is 2. The molecule has 10 heteroatoms. The molecule has 150 valence electrons. The second-order valence-electron chi connectivity index (χ2n) is 5.82. The van der Waals surface area contributed by atoms with Crippen LogP contribution in [0.3, 0.4) is 0 Å². The highest BCUT2D eigenvalue weighted by molar-refractivity contribution is 7.89. The van der Waals surface area contributed by atoms with Crippen molar-refractivity contribution in [2.24, 2.45) is 0 Å². The Kier molecular flexibility index (Phi) is 7.61. The molecule has 0 aromatic heterocycles. The Morgan fingerprint density at radius 3 is 2.43 bits per heavy atom. The summed E-state index contributed by atoms with van der Waals surface area (Å²) in [6, 6.07) is 13.2. The van der Waals surface area contributed by atoms with Crippen molar-refractivity contribution in [3.63, 3.8) is 0 Å². The Bertz CT molecular complexity index is 917. The fraction of sp³-hybridized carbons (Fsp3) is 0.278. The molecule has 0 aliphatic carbocycles. The number of rotatable bonds is 10. The van der Waals surface area contributed by atoms with E-state index in [-0.39, 0.29) is 19.6 Å². The van der Waals surface area contributed by atoms with Gasteiger partial charge >= 0.3 is 5.97 Å². The van der Waals surface area contributed by atoms with Gasteiger partial charge in [0.2, 0.25) is 10.0 Å². The predicted octanol–water partition coefficient (Wildman–Crippen LogP) is 2.02. The van der Waals surface area contributed by atoms with E-state index in [9.17, 15) is 23.3 Å². The number of hydrogen-bond donors (Lipinski definition) is 1. The van der Waals surface area contributed by atoms with Crippen LogP contribution in [0.5, 0.6) is 0 Å². The maximum absolute atomic E-state index is 12.6. The maximum atomic E-state index is 12.6. The summed E-state index contributed by atoms with van der Waals surface area (Å²) in [7, 11) is -3.08. The summed E-state index contributed by atoms with van der Waals surface area (Å²) in [6.45, 7) is 0.0928. The van der Waals surface area contributed by atoms with Gasteiger partial charge in [0.25, 0.3) is 5.69 Å². The van der Waals surface area contributed by atoms with Gasteiger partial charge < -0.3 is 9.47 Å². The molecule has 1 atom stereocenters. The SMILES string of the molecule is COC(=O)C[C@H](COCc1ccccc1)NS(=O)(=O)c1ccccc1[N+](=O)[O-]. The summed E-state index contributed by atoms with van der Waals surface area (Å²) in [5.74, 6) is -0.640. The van der Waals surface area contributed by atoms with Gasteiger partial charge in [0.15, 0.2) is 4.90 Å². The van der Waals surface area contributed by atoms with E-state index in [4.69, 9.17) is 4.74 Å². The topological polar surface area (TPSA) is 125 Å². The van der Waals surface area contributed by atoms with Crippen LogP contribution in [-0.2, 0) is 30.9 Å². The van der Waals surface area contributed by atoms with E-state index in [0.29, 0.717) is 0 Å². The Hall–Kier alpha value is -2.82. The van der Waals surface area contributed by atoms with Gasteiger partial charge in [-0.3, -0.25) is 14.9 Å². The zero-order valence-electron chi connectivity index (χ0n) is 15.1. The minimum Gasteiger partial charge on any atom is -0.469 e. The molecule has 0 spiro atoms. The summed E-state index contributed by atoms with van der Waals surface area (Å²) in [5, 5.41) is 11.1. The highest BCUT2D eigenvalue weighted by atomic mass is 32.2. The van der Waals surface area contributed by atoms with E-state index in [1.165, 1.54) is 19.2 Å². The third-order valence-corrected chi connectivity index (χ3v) is 5.31. The highest BCUT2D eigenvalue weighted by Crippen LogP contribution is 2.23. The average molecular weight is 408 g/mol. The van der Waals surface area contributed by atoms with Crippen molar-refractivity contribution < 1.29 is 27.6 Å². The number of methoxy groups -OCH3 is 1. The fourth-order valence-electron chi connectivity index (χ4n) is 2.43. The molecule has 0 fully saturated rings. The molecule has 2 rings (SSSR count). The number of nitrogens with one attached hydrogen (secondary N) is 1. The van der Waals surface area contributed by atoms with Crippen LogP contribution < -0.4 is 4.72 Å². The fourth-order valence-corrected chi connectivity index (χ4v) is 3.82. The Balaban J connectivity index is 2.14. The first-order valence-electron chi connectivity index (χ1n) is 8.27. The lowest BCUT2D eigenvalue weighted by atomic mass is 10.2. The molecule has 0 aliphatic heterocycles. The average Bonchev–Trinajstić information content (AvgIpc) is 2.68. The molecule has 1 N–H and O–H groups in total. The van der Waals surface area contributed by atoms with Gasteiger partial charge in [-0.15, -0.1) is 0 Å². The van der Waals surface area contributed by atoms with Gasteiger partial charge in [-0.2, -0.15) is 0 Å². The lowest BCUT2D eigenvalue weighted by molar-refractivity contribution is -0.387. The molecule has 2 aromatic rings. The van der Waals surface area contributed by atoms with Crippen molar-refractivity contribution in [2.75, 3.05) is 13.7 Å². The Labute approximate surface area is 162 Å². The number of esters is 1. The molecule has 0 amide bonds. The van der Waals surface area contributed by atoms with Crippen LogP contribution in [0.25, 0.3) is 0 Å². The second-order valence-corrected chi connectivity index (χ2v) is 7.51. The zero-order chi connectivity index (χ0) is 20.6. The molecule has 0 bridgehead atoms. The van der Waals surface area contributed by atoms with Gasteiger partial charge in [0, 0.05) is 6.07 Å². The van der Waals surface area contributed by atoms with Gasteiger partial charge in [-0.05, 0) is 11.6 Å². The summed E-state index contributed by atoms with van der Waals surface area (Å²) in [4.78, 5) is 21.5. The molecular weight excluding hydrogens is 388 g/mol. The summed E-state index contributed by atoms with van der Waals surface area (Å²) < 4.78 is 37.7. The highest BCUT2D eigenvalue weighted by Gasteiger charge is 2.29. The predicted molar refractivity (Wildman–Crippen MR) is 99.9 cm³/mol. The summed E-state index contributed by atoms with van der Waals surface area (Å²) >= 11 is 0. The number of nitro groups is 1. The van der Waals surface area contributed by atoms with Crippen LogP contribution in [0.15, 0.2) is 59.5 Å². The van der Waals surface area contributed by atoms with Crippen molar-refractivity contribution in [2.45, 2.75) is 24.0 Å². The number of nitro benzene ring substituents is 1. The molecule has 28 heavy (non-hydrogen) atoms. The maximum Gasteiger partial charge on any atom is 0.307 e. The molecule has 0 saturated carbocycles. The largest absolute Gasteiger partial charge is 0.469 e. The van der Waals surface area contributed by atoms with Crippen LogP contribution >= 0.6 is 0 Å². The van der Waals surface area contributed by atoms with Gasteiger partial charge in [0.1, 0.15) is 0 Å². The van der Waals surface area contributed by atoms with E-state index < -0.39 is 37.5 Å². The van der Waals surface area contributed by atoms with Gasteiger partial charge in [-0.25, -0.2) is 13.1 Å². The van der Waals surface area contributed by atoms with Crippen molar-refractivity contribution in [1.29, 1.82) is 0 Å². The van der Waals surface area contributed by atoms with E-state index in [1.807, 2.05) is 30.3 Å². The van der Waals surface area contributed by atoms with E-state index >= 15 is 0 Å². The van der Waals surface area contributed by atoms with E-state index in [1.54, 1.807) is 0 Å². The van der Waals surface area contributed by atoms with Crippen molar-refractivity contribution >= 4 is 21.7 Å². The van der Waals surface area contributed by atoms with Crippen molar-refractivity contribution in [3.8, 4) is 0 Å². The standard InChI is InChI=1S/C18H20N2O7S/c1-26-18(21)11-15(13-27-12-14-7-3-2-4-8-14)19-28(24,25)17-10-6-5-9-16(17)20(22)23/h2-10,15,19H,11-13H2,1H3/t15-/m1/s1. The second kappa shape index (κ2) is 9.93. The molecule has 0 unspecified atom stereocenters. The van der Waals surface area contributed by atoms with Crippen molar-refractivity contribution in [3.05, 3.63) is 70.3 Å². The van der Waals surface area contributed by atoms with Gasteiger partial charge in [-0.1, -0.05) is 42.5 Å². The minimum absolute atomic E-state index is 0.121. The number of nitrogens with zero attached hydrogens (tertiary/aromatic N) is 1. The molecular formula is C18H20N2O7S. The minimum atomic E-state index is -4.26.